The summed E-state index contributed by atoms with van der Waals surface area (Å²) < 4.78 is 10.6. The molecule has 4 heteroatoms. The number of hydrogen-bond acceptors (Lipinski definition) is 3. The molecule has 134 valence electrons. The van der Waals surface area contributed by atoms with Crippen molar-refractivity contribution in [1.82, 2.24) is 0 Å². The summed E-state index contributed by atoms with van der Waals surface area (Å²) in [6.07, 6.45) is 1.12. The molecule has 0 bridgehead atoms. The summed E-state index contributed by atoms with van der Waals surface area (Å²) in [5.41, 5.74) is 5.19. The van der Waals surface area contributed by atoms with Crippen LogP contribution in [0.3, 0.4) is 0 Å². The molecule has 0 saturated carbocycles. The molecule has 0 saturated heterocycles. The molecule has 0 amide bonds. The van der Waals surface area contributed by atoms with Crippen molar-refractivity contribution in [3.05, 3.63) is 12.7 Å². The van der Waals surface area contributed by atoms with Crippen molar-refractivity contribution >= 4 is 8.07 Å². The van der Waals surface area contributed by atoms with E-state index in [4.69, 9.17) is 9.47 Å². The van der Waals surface area contributed by atoms with Crippen LogP contribution in [0.2, 0.25) is 16.6 Å². The van der Waals surface area contributed by atoms with Gasteiger partial charge in [-0.1, -0.05) is 53.5 Å². The van der Waals surface area contributed by atoms with E-state index in [2.05, 4.69) is 59.6 Å². The second kappa shape index (κ2) is 10.3. The van der Waals surface area contributed by atoms with Crippen molar-refractivity contribution in [2.24, 2.45) is 5.92 Å². The lowest BCUT2D eigenvalue weighted by atomic mass is 9.98. The van der Waals surface area contributed by atoms with Gasteiger partial charge in [0.05, 0.1) is 5.92 Å². The minimum Gasteiger partial charge on any atom is -0.380 e. The zero-order valence-corrected chi connectivity index (χ0v) is 17.2. The van der Waals surface area contributed by atoms with Gasteiger partial charge < -0.3 is 14.6 Å². The van der Waals surface area contributed by atoms with Gasteiger partial charge >= 0.3 is 0 Å². The molecule has 0 spiro atoms. The van der Waals surface area contributed by atoms with Gasteiger partial charge in [-0.15, -0.1) is 12.1 Å². The summed E-state index contributed by atoms with van der Waals surface area (Å²) >= 11 is 0. The van der Waals surface area contributed by atoms with E-state index in [1.165, 1.54) is 0 Å². The molecule has 0 heterocycles. The molecule has 0 aromatic heterocycles. The first-order chi connectivity index (χ1) is 10.7. The van der Waals surface area contributed by atoms with Crippen LogP contribution >= 0.6 is 0 Å². The van der Waals surface area contributed by atoms with Crippen LogP contribution in [0.15, 0.2) is 12.7 Å². The Morgan fingerprint density at radius 2 is 1.43 bits per heavy atom. The maximum Gasteiger partial charge on any atom is 0.163 e. The maximum atomic E-state index is 10.6. The Labute approximate surface area is 144 Å². The van der Waals surface area contributed by atoms with Crippen LogP contribution in [0.5, 0.6) is 0 Å². The molecule has 0 aliphatic carbocycles. The smallest absolute Gasteiger partial charge is 0.163 e. The first-order valence-corrected chi connectivity index (χ1v) is 10.8. The topological polar surface area (TPSA) is 38.7 Å². The molecule has 0 aromatic rings. The van der Waals surface area contributed by atoms with Gasteiger partial charge in [-0.2, -0.15) is 0 Å². The molecular weight excluding hydrogens is 304 g/mol. The highest BCUT2D eigenvalue weighted by Gasteiger charge is 2.42. The highest BCUT2D eigenvalue weighted by molar-refractivity contribution is 6.90. The third kappa shape index (κ3) is 5.46. The fourth-order valence-corrected chi connectivity index (χ4v) is 9.03. The van der Waals surface area contributed by atoms with Crippen LogP contribution in [0.1, 0.15) is 48.0 Å². The largest absolute Gasteiger partial charge is 0.380 e. The van der Waals surface area contributed by atoms with Gasteiger partial charge in [0, 0.05) is 14.2 Å². The van der Waals surface area contributed by atoms with Crippen LogP contribution in [-0.4, -0.2) is 39.8 Å². The molecule has 3 nitrogen and oxygen atoms in total. The summed E-state index contributed by atoms with van der Waals surface area (Å²) in [6, 6.07) is 0. The monoisotopic (exact) mass is 340 g/mol. The minimum absolute atomic E-state index is 0.229. The van der Waals surface area contributed by atoms with Gasteiger partial charge in [0.15, 0.2) is 6.29 Å². The zero-order valence-electron chi connectivity index (χ0n) is 16.2. The van der Waals surface area contributed by atoms with Gasteiger partial charge in [-0.3, -0.25) is 0 Å². The van der Waals surface area contributed by atoms with E-state index in [0.29, 0.717) is 23.0 Å². The molecule has 0 fully saturated rings. The van der Waals surface area contributed by atoms with Crippen molar-refractivity contribution in [3.8, 4) is 11.5 Å². The summed E-state index contributed by atoms with van der Waals surface area (Å²) in [5, 5.41) is 10.6. The van der Waals surface area contributed by atoms with E-state index in [-0.39, 0.29) is 5.92 Å². The van der Waals surface area contributed by atoms with Crippen molar-refractivity contribution in [1.29, 1.82) is 0 Å². The number of allylic oxidation sites excluding steroid dienone is 1. The average molecular weight is 341 g/mol. The van der Waals surface area contributed by atoms with Crippen molar-refractivity contribution < 1.29 is 14.6 Å². The third-order valence-corrected chi connectivity index (χ3v) is 11.3. The van der Waals surface area contributed by atoms with Crippen LogP contribution < -0.4 is 0 Å². The van der Waals surface area contributed by atoms with E-state index < -0.39 is 20.5 Å². The fourth-order valence-electron chi connectivity index (χ4n) is 3.77. The quantitative estimate of drug-likeness (QED) is 0.293. The molecule has 23 heavy (non-hydrogen) atoms. The SMILES string of the molecule is C=CC[C@@H](C(OC)OC)[C@H](O)C#C[Si](C(C)C)(C(C)C)C(C)C. The Balaban J connectivity index is 5.63. The summed E-state index contributed by atoms with van der Waals surface area (Å²) in [5.74, 6) is 2.93. The van der Waals surface area contributed by atoms with Crippen molar-refractivity contribution in [3.63, 3.8) is 0 Å². The lowest BCUT2D eigenvalue weighted by molar-refractivity contribution is -0.152. The second-order valence-electron chi connectivity index (χ2n) is 7.14. The Morgan fingerprint density at radius 3 is 1.74 bits per heavy atom. The predicted molar refractivity (Wildman–Crippen MR) is 101 cm³/mol. The molecule has 0 radical (unpaired) electrons. The molecule has 0 aliphatic heterocycles. The molecule has 1 N–H and O–H groups in total. The van der Waals surface area contributed by atoms with Gasteiger partial charge in [0.25, 0.3) is 0 Å². The standard InChI is InChI=1S/C19H36O3Si/c1-10-11-17(19(21-8)22-9)18(20)12-13-23(14(2)3,15(4)5)16(6)7/h10,14-20H,1,11H2,2-9H3/t17-,18-/m1/s1. The summed E-state index contributed by atoms with van der Waals surface area (Å²) in [4.78, 5) is 0. The molecule has 0 aromatic carbocycles. The molecule has 0 rings (SSSR count). The second-order valence-corrected chi connectivity index (χ2v) is 12.7. The lowest BCUT2D eigenvalue weighted by Crippen LogP contribution is -2.44. The van der Waals surface area contributed by atoms with Gasteiger partial charge in [-0.25, -0.2) is 0 Å². The molecule has 0 unspecified atom stereocenters. The van der Waals surface area contributed by atoms with E-state index >= 15 is 0 Å². The fraction of sp³-hybridized carbons (Fsp3) is 0.789. The third-order valence-electron chi connectivity index (χ3n) is 4.96. The number of aliphatic hydroxyl groups excluding tert-OH is 1. The highest BCUT2D eigenvalue weighted by Crippen LogP contribution is 2.40. The Morgan fingerprint density at radius 1 is 1.00 bits per heavy atom. The number of hydrogen-bond donors (Lipinski definition) is 1. The van der Waals surface area contributed by atoms with E-state index in [1.54, 1.807) is 20.3 Å². The normalized spacial score (nSPS) is 15.0. The first kappa shape index (κ1) is 22.4. The van der Waals surface area contributed by atoms with Crippen LogP contribution in [-0.2, 0) is 9.47 Å². The van der Waals surface area contributed by atoms with E-state index in [9.17, 15) is 5.11 Å². The van der Waals surface area contributed by atoms with E-state index in [0.717, 1.165) is 0 Å². The first-order valence-electron chi connectivity index (χ1n) is 8.56. The van der Waals surface area contributed by atoms with Gasteiger partial charge in [-0.05, 0) is 23.0 Å². The zero-order chi connectivity index (χ0) is 18.2. The number of rotatable bonds is 9. The molecular formula is C19H36O3Si. The Bertz CT molecular complexity index is 381. The van der Waals surface area contributed by atoms with Crippen molar-refractivity contribution in [2.75, 3.05) is 14.2 Å². The minimum atomic E-state index is -1.84. The van der Waals surface area contributed by atoms with Crippen LogP contribution in [0.4, 0.5) is 0 Å². The summed E-state index contributed by atoms with van der Waals surface area (Å²) in [6.45, 7) is 17.4. The Hall–Kier alpha value is -0.603. The molecule has 0 aliphatic rings. The maximum absolute atomic E-state index is 10.6. The lowest BCUT2D eigenvalue weighted by Gasteiger charge is -2.38. The van der Waals surface area contributed by atoms with Gasteiger partial charge in [0.1, 0.15) is 14.2 Å². The van der Waals surface area contributed by atoms with Crippen molar-refractivity contribution in [2.45, 2.75) is 77.0 Å². The number of methoxy groups -OCH3 is 2. The predicted octanol–water partition coefficient (Wildman–Crippen LogP) is 4.38. The highest BCUT2D eigenvalue weighted by atomic mass is 28.3. The van der Waals surface area contributed by atoms with E-state index in [1.807, 2.05) is 0 Å². The van der Waals surface area contributed by atoms with Gasteiger partial charge in [0.2, 0.25) is 0 Å². The average Bonchev–Trinajstić information content (AvgIpc) is 2.46. The Kier molecular flexibility index (Phi) is 10.0. The summed E-state index contributed by atoms with van der Waals surface area (Å²) in [7, 11) is 1.32. The van der Waals surface area contributed by atoms with Crippen LogP contribution in [0, 0.1) is 17.4 Å². The van der Waals surface area contributed by atoms with Crippen LogP contribution in [0.25, 0.3) is 0 Å². The number of ether oxygens (including phenoxy) is 2. The molecule has 2 atom stereocenters. The number of aliphatic hydroxyl groups is 1.